The molecule has 1 N–H and O–H groups in total. The molecule has 26 heavy (non-hydrogen) atoms. The quantitative estimate of drug-likeness (QED) is 0.655. The lowest BCUT2D eigenvalue weighted by Gasteiger charge is -2.10. The smallest absolute Gasteiger partial charge is 0.350 e. The highest BCUT2D eigenvalue weighted by atomic mass is 16.5. The third kappa shape index (κ3) is 4.11. The van der Waals surface area contributed by atoms with E-state index in [4.69, 9.17) is 4.74 Å². The van der Waals surface area contributed by atoms with Gasteiger partial charge in [0.05, 0.1) is 0 Å². The number of fused-ring (bicyclic) bond motifs is 1. The summed E-state index contributed by atoms with van der Waals surface area (Å²) in [6, 6.07) is 11.3. The number of benzene rings is 1. The lowest BCUT2D eigenvalue weighted by atomic mass is 10.1. The summed E-state index contributed by atoms with van der Waals surface area (Å²) in [7, 11) is 0. The fourth-order valence-corrected chi connectivity index (χ4v) is 2.63. The van der Waals surface area contributed by atoms with E-state index in [9.17, 15) is 9.59 Å². The van der Waals surface area contributed by atoms with Crippen LogP contribution in [0.3, 0.4) is 0 Å². The first-order chi connectivity index (χ1) is 12.5. The van der Waals surface area contributed by atoms with Gasteiger partial charge in [0, 0.05) is 19.3 Å². The van der Waals surface area contributed by atoms with Gasteiger partial charge in [-0.1, -0.05) is 18.2 Å². The van der Waals surface area contributed by atoms with Crippen LogP contribution in [-0.2, 0) is 11.3 Å². The topological polar surface area (TPSA) is 77.6 Å². The van der Waals surface area contributed by atoms with Gasteiger partial charge in [0.1, 0.15) is 5.75 Å². The van der Waals surface area contributed by atoms with Crippen LogP contribution in [0.4, 0.5) is 0 Å². The van der Waals surface area contributed by atoms with Crippen molar-refractivity contribution < 1.29 is 9.53 Å². The van der Waals surface area contributed by atoms with Crippen molar-refractivity contribution in [2.45, 2.75) is 26.8 Å². The average molecular weight is 354 g/mol. The summed E-state index contributed by atoms with van der Waals surface area (Å²) in [5, 5.41) is 7.05. The lowest BCUT2D eigenvalue weighted by Crippen LogP contribution is -2.31. The first-order valence-corrected chi connectivity index (χ1v) is 8.55. The number of rotatable bonds is 7. The van der Waals surface area contributed by atoms with E-state index in [-0.39, 0.29) is 18.2 Å². The number of hydrogen-bond donors (Lipinski definition) is 1. The van der Waals surface area contributed by atoms with Crippen LogP contribution in [0.5, 0.6) is 5.75 Å². The van der Waals surface area contributed by atoms with E-state index in [1.54, 1.807) is 18.3 Å². The number of carbonyl (C=O) groups excluding carboxylic acids is 1. The maximum Gasteiger partial charge on any atom is 0.350 e. The molecule has 0 saturated heterocycles. The molecule has 136 valence electrons. The molecule has 7 nitrogen and oxygen atoms in total. The molecule has 2 aromatic heterocycles. The fourth-order valence-electron chi connectivity index (χ4n) is 2.63. The van der Waals surface area contributed by atoms with Crippen LogP contribution in [0.2, 0.25) is 0 Å². The van der Waals surface area contributed by atoms with Gasteiger partial charge >= 0.3 is 5.69 Å². The third-order valence-electron chi connectivity index (χ3n) is 4.06. The van der Waals surface area contributed by atoms with E-state index in [0.717, 1.165) is 16.9 Å². The molecule has 0 radical (unpaired) electrons. The standard InChI is InChI=1S/C19H22N4O3/c1-14-7-8-15(2)16(12-14)26-13-18(24)20-9-5-11-23-19(25)22-10-4-3-6-17(22)21-23/h3-4,6-8,10,12H,5,9,11,13H2,1-2H3,(H,20,24). The molecule has 0 unspecified atom stereocenters. The maximum atomic E-state index is 12.1. The molecule has 7 heteroatoms. The van der Waals surface area contributed by atoms with E-state index >= 15 is 0 Å². The van der Waals surface area contributed by atoms with Crippen molar-refractivity contribution in [3.8, 4) is 5.75 Å². The minimum atomic E-state index is -0.187. The van der Waals surface area contributed by atoms with Gasteiger partial charge in [0.25, 0.3) is 5.91 Å². The summed E-state index contributed by atoms with van der Waals surface area (Å²) in [5.41, 5.74) is 2.52. The van der Waals surface area contributed by atoms with E-state index in [1.807, 2.05) is 38.1 Å². The lowest BCUT2D eigenvalue weighted by molar-refractivity contribution is -0.123. The number of pyridine rings is 1. The minimum Gasteiger partial charge on any atom is -0.483 e. The van der Waals surface area contributed by atoms with E-state index < -0.39 is 0 Å². The van der Waals surface area contributed by atoms with Crippen molar-refractivity contribution in [1.29, 1.82) is 0 Å². The number of nitrogens with zero attached hydrogens (tertiary/aromatic N) is 3. The van der Waals surface area contributed by atoms with Gasteiger partial charge in [0.15, 0.2) is 12.3 Å². The number of ether oxygens (including phenoxy) is 1. The second-order valence-electron chi connectivity index (χ2n) is 6.20. The Labute approximate surface area is 151 Å². The highest BCUT2D eigenvalue weighted by Gasteiger charge is 2.07. The zero-order chi connectivity index (χ0) is 18.5. The third-order valence-corrected chi connectivity index (χ3v) is 4.06. The Bertz CT molecular complexity index is 974. The van der Waals surface area contributed by atoms with E-state index in [2.05, 4.69) is 10.4 Å². The van der Waals surface area contributed by atoms with Crippen LogP contribution >= 0.6 is 0 Å². The first-order valence-electron chi connectivity index (χ1n) is 8.55. The van der Waals surface area contributed by atoms with Gasteiger partial charge in [-0.3, -0.25) is 9.20 Å². The van der Waals surface area contributed by atoms with Gasteiger partial charge in [-0.05, 0) is 49.6 Å². The Morgan fingerprint density at radius 3 is 2.88 bits per heavy atom. The van der Waals surface area contributed by atoms with Crippen LogP contribution in [-0.4, -0.2) is 33.2 Å². The average Bonchev–Trinajstić information content (AvgIpc) is 2.96. The molecule has 3 aromatic rings. The molecule has 0 fully saturated rings. The van der Waals surface area contributed by atoms with Crippen LogP contribution in [0.15, 0.2) is 47.4 Å². The zero-order valence-corrected chi connectivity index (χ0v) is 14.9. The molecule has 0 aliphatic heterocycles. The monoisotopic (exact) mass is 354 g/mol. The van der Waals surface area contributed by atoms with Crippen LogP contribution in [0.1, 0.15) is 17.5 Å². The Balaban J connectivity index is 1.44. The van der Waals surface area contributed by atoms with Crippen LogP contribution < -0.4 is 15.7 Å². The molecule has 1 amide bonds. The second kappa shape index (κ2) is 7.86. The number of hydrogen-bond acceptors (Lipinski definition) is 4. The molecule has 3 rings (SSSR count). The van der Waals surface area contributed by atoms with Gasteiger partial charge in [-0.15, -0.1) is 5.10 Å². The Morgan fingerprint density at radius 2 is 2.08 bits per heavy atom. The van der Waals surface area contributed by atoms with Gasteiger partial charge in [-0.25, -0.2) is 9.48 Å². The summed E-state index contributed by atoms with van der Waals surface area (Å²) in [4.78, 5) is 24.0. The number of carbonyl (C=O) groups is 1. The number of nitrogens with one attached hydrogen (secondary N) is 1. The van der Waals surface area contributed by atoms with Crippen LogP contribution in [0.25, 0.3) is 5.65 Å². The van der Waals surface area contributed by atoms with Crippen molar-refractivity contribution >= 4 is 11.6 Å². The van der Waals surface area contributed by atoms with Crippen molar-refractivity contribution in [1.82, 2.24) is 19.5 Å². The Morgan fingerprint density at radius 1 is 1.23 bits per heavy atom. The van der Waals surface area contributed by atoms with Crippen molar-refractivity contribution in [2.75, 3.05) is 13.2 Å². The Kier molecular flexibility index (Phi) is 5.36. The summed E-state index contributed by atoms with van der Waals surface area (Å²) in [6.45, 7) is 4.79. The second-order valence-corrected chi connectivity index (χ2v) is 6.20. The van der Waals surface area contributed by atoms with Gasteiger partial charge in [0.2, 0.25) is 0 Å². The Hall–Kier alpha value is -3.09. The number of amides is 1. The van der Waals surface area contributed by atoms with Crippen molar-refractivity contribution in [2.24, 2.45) is 0 Å². The van der Waals surface area contributed by atoms with E-state index in [1.165, 1.54) is 9.08 Å². The molecule has 0 saturated carbocycles. The van der Waals surface area contributed by atoms with E-state index in [0.29, 0.717) is 25.2 Å². The van der Waals surface area contributed by atoms with Crippen molar-refractivity contribution in [3.05, 3.63) is 64.2 Å². The predicted molar refractivity (Wildman–Crippen MR) is 98.5 cm³/mol. The molecule has 0 aliphatic rings. The summed E-state index contributed by atoms with van der Waals surface area (Å²) in [6.07, 6.45) is 2.30. The first kappa shape index (κ1) is 17.7. The summed E-state index contributed by atoms with van der Waals surface area (Å²) < 4.78 is 8.48. The molecule has 0 spiro atoms. The fraction of sp³-hybridized carbons (Fsp3) is 0.316. The SMILES string of the molecule is Cc1ccc(C)c(OCC(=O)NCCCn2nc3ccccn3c2=O)c1. The highest BCUT2D eigenvalue weighted by molar-refractivity contribution is 5.77. The molecule has 0 atom stereocenters. The minimum absolute atomic E-state index is 0.0292. The van der Waals surface area contributed by atoms with Gasteiger partial charge < -0.3 is 10.1 Å². The molecule has 0 bridgehead atoms. The van der Waals surface area contributed by atoms with Crippen LogP contribution in [0, 0.1) is 13.8 Å². The summed E-state index contributed by atoms with van der Waals surface area (Å²) >= 11 is 0. The predicted octanol–water partition coefficient (Wildman–Crippen LogP) is 1.70. The molecule has 0 aliphatic carbocycles. The molecule has 2 heterocycles. The number of aromatic nitrogens is 3. The van der Waals surface area contributed by atoms with Crippen molar-refractivity contribution in [3.63, 3.8) is 0 Å². The largest absolute Gasteiger partial charge is 0.483 e. The van der Waals surface area contributed by atoms with Gasteiger partial charge in [-0.2, -0.15) is 0 Å². The normalized spacial score (nSPS) is 10.8. The highest BCUT2D eigenvalue weighted by Crippen LogP contribution is 2.18. The molecule has 1 aromatic carbocycles. The zero-order valence-electron chi connectivity index (χ0n) is 14.9. The maximum absolute atomic E-state index is 12.1. The molecular formula is C19H22N4O3. The summed E-state index contributed by atoms with van der Waals surface area (Å²) in [5.74, 6) is 0.532. The molecular weight excluding hydrogens is 332 g/mol. The number of aryl methyl sites for hydroxylation is 3.